The highest BCUT2D eigenvalue weighted by Gasteiger charge is 2.08. The number of ether oxygens (including phenoxy) is 1. The highest BCUT2D eigenvalue weighted by molar-refractivity contribution is 6.30. The summed E-state index contributed by atoms with van der Waals surface area (Å²) in [5.41, 5.74) is 7.19. The minimum absolute atomic E-state index is 0.197. The van der Waals surface area contributed by atoms with E-state index in [9.17, 15) is 4.79 Å². The van der Waals surface area contributed by atoms with Gasteiger partial charge in [-0.25, -0.2) is 0 Å². The predicted octanol–water partition coefficient (Wildman–Crippen LogP) is 2.16. The highest BCUT2D eigenvalue weighted by atomic mass is 35.5. The molecule has 1 aromatic carbocycles. The number of rotatable bonds is 3. The lowest BCUT2D eigenvalue weighted by Crippen LogP contribution is -2.16. The summed E-state index contributed by atoms with van der Waals surface area (Å²) in [6, 6.07) is 8.73. The van der Waals surface area contributed by atoms with Crippen LogP contribution in [0.15, 0.2) is 35.1 Å². The first-order chi connectivity index (χ1) is 8.65. The molecule has 18 heavy (non-hydrogen) atoms. The van der Waals surface area contributed by atoms with E-state index in [0.29, 0.717) is 22.0 Å². The Morgan fingerprint density at radius 3 is 2.72 bits per heavy atom. The van der Waals surface area contributed by atoms with Gasteiger partial charge in [0.15, 0.2) is 0 Å². The van der Waals surface area contributed by atoms with Crippen LogP contribution in [0.3, 0.4) is 0 Å². The number of hydrogen-bond acceptors (Lipinski definition) is 3. The van der Waals surface area contributed by atoms with E-state index < -0.39 is 0 Å². The molecule has 0 atom stereocenters. The maximum absolute atomic E-state index is 11.7. The van der Waals surface area contributed by atoms with E-state index in [1.807, 2.05) is 0 Å². The molecule has 0 aliphatic rings. The van der Waals surface area contributed by atoms with E-state index in [4.69, 9.17) is 22.1 Å². The van der Waals surface area contributed by atoms with Gasteiger partial charge in [0.05, 0.1) is 12.8 Å². The third-order valence-corrected chi connectivity index (χ3v) is 2.90. The van der Waals surface area contributed by atoms with Crippen LogP contribution >= 0.6 is 11.6 Å². The number of methoxy groups -OCH3 is 1. The lowest BCUT2D eigenvalue weighted by molar-refractivity contribution is 0.416. The van der Waals surface area contributed by atoms with Gasteiger partial charge in [-0.05, 0) is 24.3 Å². The molecule has 5 heteroatoms. The molecule has 0 bridgehead atoms. The molecule has 0 fully saturated rings. The van der Waals surface area contributed by atoms with Gasteiger partial charge in [0, 0.05) is 22.7 Å². The summed E-state index contributed by atoms with van der Waals surface area (Å²) in [6.07, 6.45) is 0. The zero-order chi connectivity index (χ0) is 13.1. The standard InChI is InChI=1S/C13H13ClN2O2/c1-18-12-5-3-9(14)6-10(12)11-4-2-8(7-15)13(17)16-11/h2-6H,7,15H2,1H3,(H,16,17). The summed E-state index contributed by atoms with van der Waals surface area (Å²) in [5.74, 6) is 0.649. The van der Waals surface area contributed by atoms with Gasteiger partial charge in [-0.2, -0.15) is 0 Å². The number of pyridine rings is 1. The largest absolute Gasteiger partial charge is 0.496 e. The summed E-state index contributed by atoms with van der Waals surface area (Å²) in [4.78, 5) is 14.5. The van der Waals surface area contributed by atoms with E-state index in [2.05, 4.69) is 4.98 Å². The van der Waals surface area contributed by atoms with Crippen molar-refractivity contribution in [2.45, 2.75) is 6.54 Å². The number of aromatic amines is 1. The second-order valence-electron chi connectivity index (χ2n) is 3.78. The Kier molecular flexibility index (Phi) is 3.69. The van der Waals surface area contributed by atoms with Crippen LogP contribution in [0.1, 0.15) is 5.56 Å². The molecular weight excluding hydrogens is 252 g/mol. The van der Waals surface area contributed by atoms with Gasteiger partial charge < -0.3 is 15.5 Å². The number of benzene rings is 1. The smallest absolute Gasteiger partial charge is 0.252 e. The zero-order valence-corrected chi connectivity index (χ0v) is 10.6. The topological polar surface area (TPSA) is 68.1 Å². The molecule has 2 aromatic rings. The number of H-pyrrole nitrogens is 1. The van der Waals surface area contributed by atoms with Crippen LogP contribution in [0.5, 0.6) is 5.75 Å². The van der Waals surface area contributed by atoms with Gasteiger partial charge in [-0.3, -0.25) is 4.79 Å². The molecule has 4 nitrogen and oxygen atoms in total. The summed E-state index contributed by atoms with van der Waals surface area (Å²) >= 11 is 5.95. The summed E-state index contributed by atoms with van der Waals surface area (Å²) in [6.45, 7) is 0.211. The van der Waals surface area contributed by atoms with E-state index in [0.717, 1.165) is 5.56 Å². The van der Waals surface area contributed by atoms with Gasteiger partial charge >= 0.3 is 0 Å². The molecule has 1 heterocycles. The van der Waals surface area contributed by atoms with Gasteiger partial charge in [-0.15, -0.1) is 0 Å². The zero-order valence-electron chi connectivity index (χ0n) is 9.87. The predicted molar refractivity (Wildman–Crippen MR) is 72.0 cm³/mol. The first kappa shape index (κ1) is 12.7. The summed E-state index contributed by atoms with van der Waals surface area (Å²) in [7, 11) is 1.57. The second kappa shape index (κ2) is 5.25. The molecule has 0 saturated carbocycles. The maximum Gasteiger partial charge on any atom is 0.252 e. The van der Waals surface area contributed by atoms with Crippen LogP contribution in [0.4, 0.5) is 0 Å². The first-order valence-corrected chi connectivity index (χ1v) is 5.79. The fourth-order valence-electron chi connectivity index (χ4n) is 1.71. The normalized spacial score (nSPS) is 10.4. The third-order valence-electron chi connectivity index (χ3n) is 2.66. The minimum atomic E-state index is -0.197. The van der Waals surface area contributed by atoms with Crippen LogP contribution in [0, 0.1) is 0 Å². The van der Waals surface area contributed by atoms with Crippen molar-refractivity contribution in [3.05, 3.63) is 51.3 Å². The molecule has 94 valence electrons. The molecule has 0 aliphatic heterocycles. The molecule has 0 unspecified atom stereocenters. The van der Waals surface area contributed by atoms with Crippen molar-refractivity contribution in [3.8, 4) is 17.0 Å². The highest BCUT2D eigenvalue weighted by Crippen LogP contribution is 2.30. The maximum atomic E-state index is 11.7. The molecule has 2 rings (SSSR count). The average Bonchev–Trinajstić information content (AvgIpc) is 2.38. The van der Waals surface area contributed by atoms with E-state index in [1.165, 1.54) is 0 Å². The van der Waals surface area contributed by atoms with Crippen molar-refractivity contribution in [1.29, 1.82) is 0 Å². The Balaban J connectivity index is 2.58. The third kappa shape index (κ3) is 2.39. The fourth-order valence-corrected chi connectivity index (χ4v) is 1.88. The first-order valence-electron chi connectivity index (χ1n) is 5.42. The van der Waals surface area contributed by atoms with Gasteiger partial charge in [-0.1, -0.05) is 17.7 Å². The molecule has 0 radical (unpaired) electrons. The number of aromatic nitrogens is 1. The van der Waals surface area contributed by atoms with Crippen LogP contribution in [-0.2, 0) is 6.54 Å². The quantitative estimate of drug-likeness (QED) is 0.893. The summed E-state index contributed by atoms with van der Waals surface area (Å²) < 4.78 is 5.25. The fraction of sp³-hybridized carbons (Fsp3) is 0.154. The molecule has 1 aromatic heterocycles. The van der Waals surface area contributed by atoms with Crippen LogP contribution in [0.2, 0.25) is 5.02 Å². The number of hydrogen-bond donors (Lipinski definition) is 2. The Morgan fingerprint density at radius 1 is 1.33 bits per heavy atom. The van der Waals surface area contributed by atoms with Gasteiger partial charge in [0.25, 0.3) is 5.56 Å². The Hall–Kier alpha value is -1.78. The average molecular weight is 265 g/mol. The summed E-state index contributed by atoms with van der Waals surface area (Å²) in [5, 5.41) is 0.578. The van der Waals surface area contributed by atoms with Crippen LogP contribution in [0.25, 0.3) is 11.3 Å². The molecular formula is C13H13ClN2O2. The van der Waals surface area contributed by atoms with E-state index in [1.54, 1.807) is 37.4 Å². The SMILES string of the molecule is COc1ccc(Cl)cc1-c1ccc(CN)c(=O)[nH]1. The number of halogens is 1. The second-order valence-corrected chi connectivity index (χ2v) is 4.21. The minimum Gasteiger partial charge on any atom is -0.496 e. The molecule has 0 saturated heterocycles. The van der Waals surface area contributed by atoms with Gasteiger partial charge in [0.2, 0.25) is 0 Å². The van der Waals surface area contributed by atoms with Crippen LogP contribution < -0.4 is 16.0 Å². The lowest BCUT2D eigenvalue weighted by Gasteiger charge is -2.09. The molecule has 0 amide bonds. The van der Waals surface area contributed by atoms with Crippen molar-refractivity contribution in [2.75, 3.05) is 7.11 Å². The van der Waals surface area contributed by atoms with Crippen molar-refractivity contribution in [2.24, 2.45) is 5.73 Å². The van der Waals surface area contributed by atoms with Crippen molar-refractivity contribution in [1.82, 2.24) is 4.98 Å². The molecule has 0 spiro atoms. The Bertz CT molecular complexity index is 623. The van der Waals surface area contributed by atoms with E-state index >= 15 is 0 Å². The lowest BCUT2D eigenvalue weighted by atomic mass is 10.1. The number of nitrogens with two attached hydrogens (primary N) is 1. The molecule has 0 aliphatic carbocycles. The van der Waals surface area contributed by atoms with E-state index in [-0.39, 0.29) is 12.1 Å². The van der Waals surface area contributed by atoms with Gasteiger partial charge in [0.1, 0.15) is 5.75 Å². The monoisotopic (exact) mass is 264 g/mol. The van der Waals surface area contributed by atoms with Crippen molar-refractivity contribution < 1.29 is 4.74 Å². The van der Waals surface area contributed by atoms with Crippen LogP contribution in [-0.4, -0.2) is 12.1 Å². The Morgan fingerprint density at radius 2 is 2.11 bits per heavy atom. The van der Waals surface area contributed by atoms with Crippen molar-refractivity contribution in [3.63, 3.8) is 0 Å². The van der Waals surface area contributed by atoms with Crippen molar-refractivity contribution >= 4 is 11.6 Å². The Labute approximate surface area is 109 Å². The molecule has 3 N–H and O–H groups in total. The number of nitrogens with one attached hydrogen (secondary N) is 1.